The van der Waals surface area contributed by atoms with Gasteiger partial charge in [0.1, 0.15) is 0 Å². The Labute approximate surface area is 287 Å². The van der Waals surface area contributed by atoms with Crippen LogP contribution >= 0.6 is 0 Å². The van der Waals surface area contributed by atoms with Crippen LogP contribution in [0.25, 0.3) is 77.0 Å². The van der Waals surface area contributed by atoms with E-state index in [1.807, 2.05) is 12.1 Å². The molecule has 0 saturated carbocycles. The van der Waals surface area contributed by atoms with Crippen LogP contribution in [-0.4, -0.2) is 15.0 Å². The van der Waals surface area contributed by atoms with Crippen molar-refractivity contribution in [3.8, 4) is 22.6 Å². The Kier molecular flexibility index (Phi) is 6.42. The highest BCUT2D eigenvalue weighted by Gasteiger charge is 2.17. The number of hydrogen-bond acceptors (Lipinski definition) is 5. The standard InChI is InChI=1S/C45H28N4O/c1-2-10-35-29(8-1)9-7-15-36(35)30-16-20-32(21-17-30)49(33-22-18-31(19-23-33)44-48-43-45(50-44)47-27-26-46-43)34-24-25-41-39-13-4-3-11-37(39)38-12-5-6-14-40(38)42(41)28-34/h1-28H. The second-order valence-corrected chi connectivity index (χ2v) is 12.5. The third-order valence-corrected chi connectivity index (χ3v) is 9.63. The maximum absolute atomic E-state index is 5.94. The van der Waals surface area contributed by atoms with Gasteiger partial charge in [-0.3, -0.25) is 0 Å². The molecule has 0 fully saturated rings. The Morgan fingerprint density at radius 2 is 0.960 bits per heavy atom. The molecule has 8 aromatic carbocycles. The molecule has 2 aromatic heterocycles. The van der Waals surface area contributed by atoms with Crippen molar-refractivity contribution < 1.29 is 4.42 Å². The van der Waals surface area contributed by atoms with Gasteiger partial charge in [-0.05, 0) is 103 Å². The molecule has 0 spiro atoms. The highest BCUT2D eigenvalue weighted by molar-refractivity contribution is 6.25. The van der Waals surface area contributed by atoms with Crippen LogP contribution in [0.5, 0.6) is 0 Å². The number of nitrogens with zero attached hydrogens (tertiary/aromatic N) is 4. The van der Waals surface area contributed by atoms with Crippen molar-refractivity contribution in [2.24, 2.45) is 0 Å². The van der Waals surface area contributed by atoms with Crippen LogP contribution in [0.3, 0.4) is 0 Å². The molecular formula is C45H28N4O. The van der Waals surface area contributed by atoms with Gasteiger partial charge in [0.2, 0.25) is 11.5 Å². The number of fused-ring (bicyclic) bond motifs is 8. The van der Waals surface area contributed by atoms with E-state index in [0.29, 0.717) is 17.3 Å². The number of rotatable bonds is 5. The first-order chi connectivity index (χ1) is 24.8. The van der Waals surface area contributed by atoms with Gasteiger partial charge in [-0.15, -0.1) is 0 Å². The fourth-order valence-corrected chi connectivity index (χ4v) is 7.30. The molecule has 0 unspecified atom stereocenters. The first-order valence-electron chi connectivity index (χ1n) is 16.7. The summed E-state index contributed by atoms with van der Waals surface area (Å²) in [4.78, 5) is 15.4. The number of benzene rings is 8. The Morgan fingerprint density at radius 1 is 0.420 bits per heavy atom. The molecule has 0 radical (unpaired) electrons. The number of aromatic nitrogens is 3. The van der Waals surface area contributed by atoms with Gasteiger partial charge in [0.05, 0.1) is 0 Å². The molecule has 10 rings (SSSR count). The third kappa shape index (κ3) is 4.60. The normalized spacial score (nSPS) is 11.6. The van der Waals surface area contributed by atoms with Gasteiger partial charge in [-0.1, -0.05) is 109 Å². The predicted octanol–water partition coefficient (Wildman–Crippen LogP) is 12.0. The van der Waals surface area contributed by atoms with Gasteiger partial charge in [0.25, 0.3) is 5.71 Å². The molecule has 2 heterocycles. The minimum Gasteiger partial charge on any atom is -0.416 e. The van der Waals surface area contributed by atoms with Crippen LogP contribution in [-0.2, 0) is 0 Å². The molecule has 0 N–H and O–H groups in total. The van der Waals surface area contributed by atoms with E-state index in [1.165, 1.54) is 54.2 Å². The first kappa shape index (κ1) is 28.2. The Balaban J connectivity index is 1.14. The maximum Gasteiger partial charge on any atom is 0.266 e. The quantitative estimate of drug-likeness (QED) is 0.175. The predicted molar refractivity (Wildman–Crippen MR) is 205 cm³/mol. The summed E-state index contributed by atoms with van der Waals surface area (Å²) in [6.07, 6.45) is 3.23. The molecule has 0 saturated heterocycles. The van der Waals surface area contributed by atoms with Gasteiger partial charge in [0, 0.05) is 35.0 Å². The van der Waals surface area contributed by atoms with Crippen molar-refractivity contribution in [1.82, 2.24) is 15.0 Å². The largest absolute Gasteiger partial charge is 0.416 e. The number of hydrogen-bond donors (Lipinski definition) is 0. The summed E-state index contributed by atoms with van der Waals surface area (Å²) in [5.41, 5.74) is 7.32. The average Bonchev–Trinajstić information content (AvgIpc) is 3.63. The Bertz CT molecular complexity index is 2800. The molecule has 5 nitrogen and oxygen atoms in total. The molecule has 0 atom stereocenters. The van der Waals surface area contributed by atoms with Crippen LogP contribution in [0.2, 0.25) is 0 Å². The van der Waals surface area contributed by atoms with E-state index in [0.717, 1.165) is 22.6 Å². The zero-order chi connectivity index (χ0) is 33.0. The topological polar surface area (TPSA) is 55.1 Å². The van der Waals surface area contributed by atoms with Crippen molar-refractivity contribution >= 4 is 71.5 Å². The summed E-state index contributed by atoms with van der Waals surface area (Å²) >= 11 is 0. The minimum absolute atomic E-state index is 0.426. The molecule has 0 aliphatic carbocycles. The van der Waals surface area contributed by atoms with E-state index >= 15 is 0 Å². The molecule has 0 bridgehead atoms. The van der Waals surface area contributed by atoms with Crippen LogP contribution in [0.15, 0.2) is 175 Å². The summed E-state index contributed by atoms with van der Waals surface area (Å²) in [5, 5.41) is 9.95. The number of oxazole rings is 1. The fraction of sp³-hybridized carbons (Fsp3) is 0. The van der Waals surface area contributed by atoms with E-state index in [1.54, 1.807) is 12.4 Å². The molecule has 0 aliphatic rings. The lowest BCUT2D eigenvalue weighted by molar-refractivity contribution is 0.607. The molecule has 234 valence electrons. The number of anilines is 3. The second-order valence-electron chi connectivity index (χ2n) is 12.5. The van der Waals surface area contributed by atoms with E-state index in [-0.39, 0.29) is 0 Å². The molecular weight excluding hydrogens is 613 g/mol. The summed E-state index contributed by atoms with van der Waals surface area (Å²) in [6, 6.07) is 56.5. The monoisotopic (exact) mass is 640 g/mol. The average molecular weight is 641 g/mol. The van der Waals surface area contributed by atoms with Crippen LogP contribution < -0.4 is 4.90 Å². The van der Waals surface area contributed by atoms with Gasteiger partial charge < -0.3 is 9.32 Å². The van der Waals surface area contributed by atoms with Gasteiger partial charge >= 0.3 is 0 Å². The Hall–Kier alpha value is -6.85. The van der Waals surface area contributed by atoms with E-state index in [2.05, 4.69) is 165 Å². The highest BCUT2D eigenvalue weighted by Crippen LogP contribution is 2.42. The lowest BCUT2D eigenvalue weighted by Gasteiger charge is -2.26. The van der Waals surface area contributed by atoms with E-state index in [4.69, 9.17) is 4.42 Å². The van der Waals surface area contributed by atoms with Crippen molar-refractivity contribution in [3.05, 3.63) is 170 Å². The van der Waals surface area contributed by atoms with Gasteiger partial charge in [0.15, 0.2) is 0 Å². The molecule has 10 aromatic rings. The third-order valence-electron chi connectivity index (χ3n) is 9.63. The van der Waals surface area contributed by atoms with Crippen molar-refractivity contribution in [1.29, 1.82) is 0 Å². The second kappa shape index (κ2) is 11.4. The van der Waals surface area contributed by atoms with Crippen molar-refractivity contribution in [2.75, 3.05) is 4.90 Å². The minimum atomic E-state index is 0.426. The molecule has 5 heteroatoms. The lowest BCUT2D eigenvalue weighted by atomic mass is 9.94. The van der Waals surface area contributed by atoms with Crippen molar-refractivity contribution in [3.63, 3.8) is 0 Å². The summed E-state index contributed by atoms with van der Waals surface area (Å²) in [5.74, 6) is 0.493. The van der Waals surface area contributed by atoms with E-state index < -0.39 is 0 Å². The van der Waals surface area contributed by atoms with Gasteiger partial charge in [-0.2, -0.15) is 4.98 Å². The van der Waals surface area contributed by atoms with Gasteiger partial charge in [-0.25, -0.2) is 9.97 Å². The molecule has 50 heavy (non-hydrogen) atoms. The zero-order valence-electron chi connectivity index (χ0n) is 26.9. The van der Waals surface area contributed by atoms with E-state index in [9.17, 15) is 0 Å². The summed E-state index contributed by atoms with van der Waals surface area (Å²) in [6.45, 7) is 0. The van der Waals surface area contributed by atoms with Crippen LogP contribution in [0, 0.1) is 0 Å². The fourth-order valence-electron chi connectivity index (χ4n) is 7.30. The Morgan fingerprint density at radius 3 is 1.64 bits per heavy atom. The van der Waals surface area contributed by atoms with Crippen LogP contribution in [0.1, 0.15) is 0 Å². The smallest absolute Gasteiger partial charge is 0.266 e. The SMILES string of the molecule is c1ccc2c(-c3ccc(N(c4ccc(-c5nc6nccnc6o5)cc4)c4ccc5c6ccccc6c6ccccc6c5c4)cc3)cccc2c1. The van der Waals surface area contributed by atoms with Crippen LogP contribution in [0.4, 0.5) is 17.1 Å². The summed E-state index contributed by atoms with van der Waals surface area (Å²) < 4.78 is 5.94. The van der Waals surface area contributed by atoms with Crippen molar-refractivity contribution in [2.45, 2.75) is 0 Å². The zero-order valence-corrected chi connectivity index (χ0v) is 26.9. The summed E-state index contributed by atoms with van der Waals surface area (Å²) in [7, 11) is 0. The first-order valence-corrected chi connectivity index (χ1v) is 16.7. The molecule has 0 amide bonds. The maximum atomic E-state index is 5.94. The molecule has 0 aliphatic heterocycles. The highest BCUT2D eigenvalue weighted by atomic mass is 16.4. The lowest BCUT2D eigenvalue weighted by Crippen LogP contribution is -2.10.